The van der Waals surface area contributed by atoms with E-state index in [1.807, 2.05) is 0 Å². The molecule has 0 bridgehead atoms. The molecule has 0 amide bonds. The van der Waals surface area contributed by atoms with Crippen molar-refractivity contribution in [3.05, 3.63) is 83.2 Å². The Bertz CT molecular complexity index is 939. The van der Waals surface area contributed by atoms with Crippen molar-refractivity contribution >= 4 is 44.3 Å². The molecule has 100 valence electrons. The van der Waals surface area contributed by atoms with E-state index in [4.69, 9.17) is 0 Å². The van der Waals surface area contributed by atoms with Crippen molar-refractivity contribution < 1.29 is 0 Å². The molecule has 1 heteroatoms. The normalized spacial score (nSPS) is 11.6. The van der Waals surface area contributed by atoms with E-state index in [9.17, 15) is 0 Å². The van der Waals surface area contributed by atoms with Crippen LogP contribution in [0.25, 0.3) is 33.0 Å². The first-order valence-electron chi connectivity index (χ1n) is 7.04. The second kappa shape index (κ2) is 5.19. The fraction of sp³-hybridized carbons (Fsp3) is 0. The highest BCUT2D eigenvalue weighted by atomic mass is 32.1. The number of rotatable bonds is 2. The van der Waals surface area contributed by atoms with Gasteiger partial charge in [-0.1, -0.05) is 72.8 Å². The molecule has 0 fully saturated rings. The lowest BCUT2D eigenvalue weighted by molar-refractivity contribution is 1.71. The molecule has 0 N–H and O–H groups in total. The Morgan fingerprint density at radius 1 is 0.619 bits per heavy atom. The van der Waals surface area contributed by atoms with E-state index in [1.165, 1.54) is 32.0 Å². The van der Waals surface area contributed by atoms with Gasteiger partial charge in [-0.25, -0.2) is 0 Å². The minimum absolute atomic E-state index is 1.27. The summed E-state index contributed by atoms with van der Waals surface area (Å²) in [7, 11) is 0. The molecule has 0 radical (unpaired) electrons. The molecule has 0 aliphatic carbocycles. The van der Waals surface area contributed by atoms with E-state index < -0.39 is 0 Å². The molecule has 0 saturated carbocycles. The van der Waals surface area contributed by atoms with Crippen LogP contribution >= 0.6 is 11.3 Å². The summed E-state index contributed by atoms with van der Waals surface area (Å²) in [5.41, 5.74) is 2.56. The van der Waals surface area contributed by atoms with Crippen LogP contribution in [0.15, 0.2) is 72.1 Å². The maximum atomic E-state index is 2.23. The van der Waals surface area contributed by atoms with E-state index in [0.717, 1.165) is 0 Å². The fourth-order valence-corrected chi connectivity index (χ4v) is 3.63. The third-order valence-electron chi connectivity index (χ3n) is 3.78. The quantitative estimate of drug-likeness (QED) is 0.410. The zero-order chi connectivity index (χ0) is 14.1. The van der Waals surface area contributed by atoms with Gasteiger partial charge in [-0.3, -0.25) is 0 Å². The fourth-order valence-electron chi connectivity index (χ4n) is 2.70. The second-order valence-corrected chi connectivity index (χ2v) is 6.00. The Morgan fingerprint density at radius 3 is 2.29 bits per heavy atom. The molecular formula is C20H14S. The van der Waals surface area contributed by atoms with Crippen LogP contribution in [0.3, 0.4) is 0 Å². The molecule has 0 atom stereocenters. The van der Waals surface area contributed by atoms with Crippen molar-refractivity contribution in [1.82, 2.24) is 0 Å². The van der Waals surface area contributed by atoms with Crippen LogP contribution < -0.4 is 0 Å². The lowest BCUT2D eigenvalue weighted by Crippen LogP contribution is -1.77. The molecule has 4 aromatic rings. The van der Waals surface area contributed by atoms with Gasteiger partial charge >= 0.3 is 0 Å². The van der Waals surface area contributed by atoms with Crippen molar-refractivity contribution in [2.75, 3.05) is 0 Å². The first kappa shape index (κ1) is 12.4. The molecule has 0 aliphatic heterocycles. The largest absolute Gasteiger partial charge is 0.143 e. The number of thiophene rings is 1. The van der Waals surface area contributed by atoms with Gasteiger partial charge in [0.25, 0.3) is 0 Å². The number of benzene rings is 3. The van der Waals surface area contributed by atoms with Crippen molar-refractivity contribution in [2.45, 2.75) is 0 Å². The summed E-state index contributed by atoms with van der Waals surface area (Å²) in [5.74, 6) is 0. The summed E-state index contributed by atoms with van der Waals surface area (Å²) in [6, 6.07) is 23.5. The van der Waals surface area contributed by atoms with Crippen molar-refractivity contribution in [2.24, 2.45) is 0 Å². The minimum Gasteiger partial charge on any atom is -0.143 e. The van der Waals surface area contributed by atoms with Crippen LogP contribution in [-0.2, 0) is 0 Å². The van der Waals surface area contributed by atoms with Crippen LogP contribution in [-0.4, -0.2) is 0 Å². The van der Waals surface area contributed by atoms with Crippen molar-refractivity contribution in [1.29, 1.82) is 0 Å². The highest BCUT2D eigenvalue weighted by Gasteiger charge is 2.00. The van der Waals surface area contributed by atoms with Gasteiger partial charge in [0, 0.05) is 4.70 Å². The van der Waals surface area contributed by atoms with E-state index in [0.29, 0.717) is 0 Å². The van der Waals surface area contributed by atoms with Crippen LogP contribution in [0.4, 0.5) is 0 Å². The van der Waals surface area contributed by atoms with Crippen molar-refractivity contribution in [3.63, 3.8) is 0 Å². The summed E-state index contributed by atoms with van der Waals surface area (Å²) in [6.45, 7) is 0. The summed E-state index contributed by atoms with van der Waals surface area (Å²) in [6.07, 6.45) is 4.44. The first-order chi connectivity index (χ1) is 10.4. The molecule has 1 aromatic heterocycles. The predicted molar refractivity (Wildman–Crippen MR) is 94.7 cm³/mol. The van der Waals surface area contributed by atoms with Gasteiger partial charge in [0.05, 0.1) is 0 Å². The predicted octanol–water partition coefficient (Wildman–Crippen LogP) is 6.22. The van der Waals surface area contributed by atoms with Gasteiger partial charge < -0.3 is 0 Å². The van der Waals surface area contributed by atoms with E-state index in [2.05, 4.69) is 84.3 Å². The Hall–Kier alpha value is -2.38. The topological polar surface area (TPSA) is 0 Å². The van der Waals surface area contributed by atoms with Gasteiger partial charge in [0.2, 0.25) is 0 Å². The standard InChI is InChI=1S/C20H14S/c1-2-9-18-15(6-1)7-5-8-16(18)12-13-17-14-21-20-11-4-3-10-19(17)20/h1-14H. The van der Waals surface area contributed by atoms with E-state index >= 15 is 0 Å². The minimum atomic E-state index is 1.27. The lowest BCUT2D eigenvalue weighted by atomic mass is 10.0. The number of hydrogen-bond donors (Lipinski definition) is 0. The molecule has 21 heavy (non-hydrogen) atoms. The summed E-state index contributed by atoms with van der Waals surface area (Å²) in [4.78, 5) is 0. The Kier molecular flexibility index (Phi) is 3.06. The third kappa shape index (κ3) is 2.26. The van der Waals surface area contributed by atoms with Gasteiger partial charge in [-0.05, 0) is 38.7 Å². The molecule has 0 unspecified atom stereocenters. The maximum Gasteiger partial charge on any atom is 0.0348 e. The van der Waals surface area contributed by atoms with E-state index in [1.54, 1.807) is 11.3 Å². The highest BCUT2D eigenvalue weighted by molar-refractivity contribution is 7.17. The molecule has 0 aliphatic rings. The summed E-state index contributed by atoms with van der Waals surface area (Å²) < 4.78 is 1.34. The Morgan fingerprint density at radius 2 is 1.33 bits per heavy atom. The molecule has 0 saturated heterocycles. The average molecular weight is 286 g/mol. The van der Waals surface area contributed by atoms with Crippen LogP contribution in [0.5, 0.6) is 0 Å². The van der Waals surface area contributed by atoms with E-state index in [-0.39, 0.29) is 0 Å². The smallest absolute Gasteiger partial charge is 0.0348 e. The zero-order valence-corrected chi connectivity index (χ0v) is 12.3. The Labute approximate surface area is 128 Å². The maximum absolute atomic E-state index is 2.23. The second-order valence-electron chi connectivity index (χ2n) is 5.09. The summed E-state index contributed by atoms with van der Waals surface area (Å²) in [5, 5.41) is 6.15. The van der Waals surface area contributed by atoms with Crippen molar-refractivity contribution in [3.8, 4) is 0 Å². The number of fused-ring (bicyclic) bond motifs is 2. The van der Waals surface area contributed by atoms with Crippen LogP contribution in [0.1, 0.15) is 11.1 Å². The van der Waals surface area contributed by atoms with Gasteiger partial charge in [0.15, 0.2) is 0 Å². The molecule has 3 aromatic carbocycles. The average Bonchev–Trinajstić information content (AvgIpc) is 2.96. The monoisotopic (exact) mass is 286 g/mol. The number of hydrogen-bond acceptors (Lipinski definition) is 1. The van der Waals surface area contributed by atoms with Gasteiger partial charge in [-0.15, -0.1) is 11.3 Å². The third-order valence-corrected chi connectivity index (χ3v) is 4.76. The van der Waals surface area contributed by atoms with Crippen LogP contribution in [0, 0.1) is 0 Å². The van der Waals surface area contributed by atoms with Crippen LogP contribution in [0.2, 0.25) is 0 Å². The van der Waals surface area contributed by atoms with Gasteiger partial charge in [0.1, 0.15) is 0 Å². The summed E-state index contributed by atoms with van der Waals surface area (Å²) >= 11 is 1.80. The molecule has 1 heterocycles. The zero-order valence-electron chi connectivity index (χ0n) is 11.5. The first-order valence-corrected chi connectivity index (χ1v) is 7.92. The molecule has 4 rings (SSSR count). The highest BCUT2D eigenvalue weighted by Crippen LogP contribution is 2.28. The van der Waals surface area contributed by atoms with Gasteiger partial charge in [-0.2, -0.15) is 0 Å². The lowest BCUT2D eigenvalue weighted by Gasteiger charge is -2.01. The Balaban J connectivity index is 1.81. The SMILES string of the molecule is C(=Cc1csc2ccccc12)c1cccc2ccccc12. The molecule has 0 nitrogen and oxygen atoms in total. The molecular weight excluding hydrogens is 272 g/mol. The molecule has 0 spiro atoms.